The first-order valence-electron chi connectivity index (χ1n) is 12.2. The van der Waals surface area contributed by atoms with Crippen molar-refractivity contribution in [2.75, 3.05) is 19.6 Å². The van der Waals surface area contributed by atoms with E-state index in [0.29, 0.717) is 13.1 Å². The topological polar surface area (TPSA) is 108 Å². The summed E-state index contributed by atoms with van der Waals surface area (Å²) in [6.07, 6.45) is 2.28. The summed E-state index contributed by atoms with van der Waals surface area (Å²) in [5.74, 6) is -0.782. The summed E-state index contributed by atoms with van der Waals surface area (Å²) in [5.41, 5.74) is 2.60. The highest BCUT2D eigenvalue weighted by atomic mass is 127. The Hall–Kier alpha value is 3.95. The zero-order valence-electron chi connectivity index (χ0n) is 21.4. The highest BCUT2D eigenvalue weighted by Crippen LogP contribution is 2.35. The molecule has 232 valence electrons. The van der Waals surface area contributed by atoms with Crippen molar-refractivity contribution < 1.29 is 19.5 Å². The Labute approximate surface area is 382 Å². The van der Waals surface area contributed by atoms with E-state index in [0.717, 1.165) is 25.7 Å². The van der Waals surface area contributed by atoms with Crippen LogP contribution in [0.25, 0.3) is 0 Å². The van der Waals surface area contributed by atoms with Crippen LogP contribution in [-0.2, 0) is 22.4 Å². The van der Waals surface area contributed by atoms with Gasteiger partial charge in [-0.2, -0.15) is 0 Å². The molecule has 2 aromatic carbocycles. The maximum Gasteiger partial charge on any atom is 0.404 e. The van der Waals surface area contributed by atoms with Crippen LogP contribution in [0.3, 0.4) is 0 Å². The van der Waals surface area contributed by atoms with Gasteiger partial charge in [0.15, 0.2) is 0 Å². The lowest BCUT2D eigenvalue weighted by Crippen LogP contribution is -2.36. The summed E-state index contributed by atoms with van der Waals surface area (Å²) in [6.45, 7) is 1.08. The molecule has 0 spiro atoms. The molecule has 2 rings (SSSR count). The quantitative estimate of drug-likeness (QED) is 0.0656. The molecule has 0 radical (unpaired) electrons. The summed E-state index contributed by atoms with van der Waals surface area (Å²) in [4.78, 5) is 36.5. The molecule has 4 N–H and O–H groups in total. The van der Waals surface area contributed by atoms with Crippen LogP contribution in [0.4, 0.5) is 4.79 Å². The number of hydrogen-bond acceptors (Lipinski definition) is 3. The van der Waals surface area contributed by atoms with E-state index in [1.165, 1.54) is 46.8 Å². The first kappa shape index (κ1) is 42.1. The minimum atomic E-state index is -1.17. The van der Waals surface area contributed by atoms with Crippen LogP contribution < -0.4 is 16.0 Å². The second-order valence-corrected chi connectivity index (χ2v) is 19.8. The number of halogens is 10. The van der Waals surface area contributed by atoms with Crippen molar-refractivity contribution in [3.05, 3.63) is 46.8 Å². The lowest BCUT2D eigenvalue weighted by molar-refractivity contribution is -0.124. The molecule has 0 atom stereocenters. The lowest BCUT2D eigenvalue weighted by Gasteiger charge is -2.17. The van der Waals surface area contributed by atoms with Gasteiger partial charge >= 0.3 is 6.09 Å². The SMILES string of the molecule is O=C(O)NCC(CC(=O)NCCCc1c(I)c(I)c(I)c(I)c1I)CC(=O)NCCCc1c(I)c(I)c(I)c(I)c1I. The molecule has 2 aromatic rings. The van der Waals surface area contributed by atoms with Crippen molar-refractivity contribution in [3.63, 3.8) is 0 Å². The number of hydrogen-bond donors (Lipinski definition) is 4. The maximum atomic E-state index is 12.7. The summed E-state index contributed by atoms with van der Waals surface area (Å²) >= 11 is 23.9. The van der Waals surface area contributed by atoms with Gasteiger partial charge in [-0.25, -0.2) is 4.79 Å². The maximum absolute atomic E-state index is 12.7. The molecule has 0 aromatic heterocycles. The molecule has 0 bridgehead atoms. The van der Waals surface area contributed by atoms with E-state index in [1.807, 2.05) is 0 Å². The first-order chi connectivity index (χ1) is 19.7. The number of benzene rings is 2. The largest absolute Gasteiger partial charge is 0.465 e. The standard InChI is InChI=1S/C25H23I10N3O4/c26-15-11(16(27)20(31)23(34)19(15)30)3-1-5-36-13(39)7-10(9-38-25(41)42)8-14(40)37-6-2-4-12-17(28)21(32)24(35)22(33)18(12)29/h10,38H,1-9H2,(H,36,39)(H,37,40)(H,41,42). The van der Waals surface area contributed by atoms with Crippen molar-refractivity contribution in [1.29, 1.82) is 0 Å². The number of nitrogens with one attached hydrogen (secondary N) is 3. The predicted molar refractivity (Wildman–Crippen MR) is 251 cm³/mol. The fourth-order valence-corrected chi connectivity index (χ4v) is 14.7. The van der Waals surface area contributed by atoms with Gasteiger partial charge < -0.3 is 21.1 Å². The van der Waals surface area contributed by atoms with E-state index < -0.39 is 12.0 Å². The van der Waals surface area contributed by atoms with Gasteiger partial charge in [-0.15, -0.1) is 0 Å². The Morgan fingerprint density at radius 1 is 0.524 bits per heavy atom. The van der Waals surface area contributed by atoms with Crippen molar-refractivity contribution >= 4 is 244 Å². The minimum absolute atomic E-state index is 0.0437. The Morgan fingerprint density at radius 3 is 1.14 bits per heavy atom. The monoisotopic (exact) mass is 1700 g/mol. The Balaban J connectivity index is 1.86. The molecule has 42 heavy (non-hydrogen) atoms. The normalized spacial score (nSPS) is 11.1. The molecule has 0 fully saturated rings. The number of amides is 3. The Bertz CT molecular complexity index is 1190. The van der Waals surface area contributed by atoms with Gasteiger partial charge in [-0.05, 0) is 269 Å². The average molecular weight is 1700 g/mol. The number of carbonyl (C=O) groups is 3. The van der Waals surface area contributed by atoms with Crippen LogP contribution in [0.2, 0.25) is 0 Å². The molecule has 0 unspecified atom stereocenters. The molecule has 0 aliphatic carbocycles. The fraction of sp³-hybridized carbons (Fsp3) is 0.400. The van der Waals surface area contributed by atoms with Crippen LogP contribution in [0.1, 0.15) is 36.8 Å². The number of carbonyl (C=O) groups excluding carboxylic acids is 2. The van der Waals surface area contributed by atoms with Crippen molar-refractivity contribution in [3.8, 4) is 0 Å². The van der Waals surface area contributed by atoms with Gasteiger partial charge in [0.25, 0.3) is 0 Å². The van der Waals surface area contributed by atoms with E-state index in [1.54, 1.807) is 0 Å². The molecule has 0 aliphatic heterocycles. The number of rotatable bonds is 14. The summed E-state index contributed by atoms with van der Waals surface area (Å²) in [7, 11) is 0. The van der Waals surface area contributed by atoms with E-state index in [4.69, 9.17) is 5.11 Å². The third kappa shape index (κ3) is 13.0. The van der Waals surface area contributed by atoms with Gasteiger partial charge in [0.05, 0.1) is 0 Å². The van der Waals surface area contributed by atoms with Crippen LogP contribution >= 0.6 is 226 Å². The first-order valence-corrected chi connectivity index (χ1v) is 23.0. The van der Waals surface area contributed by atoms with Crippen LogP contribution in [0, 0.1) is 41.6 Å². The third-order valence-electron chi connectivity index (χ3n) is 5.94. The second-order valence-electron chi connectivity index (χ2n) is 8.96. The minimum Gasteiger partial charge on any atom is -0.465 e. The molecule has 17 heteroatoms. The van der Waals surface area contributed by atoms with Gasteiger partial charge in [0.1, 0.15) is 0 Å². The van der Waals surface area contributed by atoms with Crippen molar-refractivity contribution in [2.45, 2.75) is 38.5 Å². The Kier molecular flexibility index (Phi) is 21.3. The van der Waals surface area contributed by atoms with E-state index in [2.05, 4.69) is 242 Å². The van der Waals surface area contributed by atoms with Gasteiger partial charge in [-0.3, -0.25) is 9.59 Å². The van der Waals surface area contributed by atoms with Gasteiger partial charge in [0.2, 0.25) is 11.8 Å². The van der Waals surface area contributed by atoms with Crippen LogP contribution in [0.15, 0.2) is 0 Å². The molecule has 0 aliphatic rings. The summed E-state index contributed by atoms with van der Waals surface area (Å²) < 4.78 is 12.6. The highest BCUT2D eigenvalue weighted by molar-refractivity contribution is 14.1. The van der Waals surface area contributed by atoms with E-state index >= 15 is 0 Å². The highest BCUT2D eigenvalue weighted by Gasteiger charge is 2.21. The molecule has 0 saturated heterocycles. The van der Waals surface area contributed by atoms with Crippen LogP contribution in [0.5, 0.6) is 0 Å². The smallest absolute Gasteiger partial charge is 0.404 e. The van der Waals surface area contributed by atoms with Crippen LogP contribution in [-0.4, -0.2) is 42.6 Å². The van der Waals surface area contributed by atoms with Gasteiger partial charge in [-0.1, -0.05) is 0 Å². The zero-order valence-corrected chi connectivity index (χ0v) is 43.0. The zero-order chi connectivity index (χ0) is 31.7. The summed E-state index contributed by atoms with van der Waals surface area (Å²) in [5, 5.41) is 17.3. The molecule has 0 saturated carbocycles. The average Bonchev–Trinajstić information content (AvgIpc) is 2.94. The van der Waals surface area contributed by atoms with Gasteiger partial charge in [0, 0.05) is 68.2 Å². The van der Waals surface area contributed by atoms with E-state index in [9.17, 15) is 14.4 Å². The predicted octanol–water partition coefficient (Wildman–Crippen LogP) is 9.19. The fourth-order valence-electron chi connectivity index (χ4n) is 3.84. The molecular formula is C25H23I10N3O4. The third-order valence-corrected chi connectivity index (χ3v) is 25.4. The molecular weight excluding hydrogens is 1680 g/mol. The summed E-state index contributed by atoms with van der Waals surface area (Å²) in [6, 6.07) is 0. The number of carboxylic acid groups (broad SMARTS) is 1. The molecule has 3 amide bonds. The van der Waals surface area contributed by atoms with Crippen molar-refractivity contribution in [2.24, 2.45) is 5.92 Å². The molecule has 7 nitrogen and oxygen atoms in total. The van der Waals surface area contributed by atoms with E-state index in [-0.39, 0.29) is 31.2 Å². The second kappa shape index (κ2) is 21.2. The Morgan fingerprint density at radius 2 is 0.833 bits per heavy atom. The lowest BCUT2D eigenvalue weighted by atomic mass is 10.00. The van der Waals surface area contributed by atoms with Crippen molar-refractivity contribution in [1.82, 2.24) is 16.0 Å². The molecule has 0 heterocycles.